The summed E-state index contributed by atoms with van der Waals surface area (Å²) in [6.45, 7) is 0. The van der Waals surface area contributed by atoms with E-state index in [4.69, 9.17) is 23.2 Å². The summed E-state index contributed by atoms with van der Waals surface area (Å²) in [5.74, 6) is 0. The highest BCUT2D eigenvalue weighted by Gasteiger charge is 2.59. The van der Waals surface area contributed by atoms with E-state index in [1.165, 1.54) is 42.6 Å². The van der Waals surface area contributed by atoms with E-state index in [0.717, 1.165) is 10.9 Å². The molecule has 7 heteroatoms. The van der Waals surface area contributed by atoms with E-state index in [2.05, 4.69) is 5.10 Å². The summed E-state index contributed by atoms with van der Waals surface area (Å²) in [6.07, 6.45) is -2.32. The smallest absolute Gasteiger partial charge is 0.247 e. The molecule has 2 aromatic carbocycles. The Morgan fingerprint density at radius 1 is 0.792 bits per heavy atom. The van der Waals surface area contributed by atoms with Gasteiger partial charge in [-0.25, -0.2) is 4.68 Å². The van der Waals surface area contributed by atoms with Crippen molar-refractivity contribution >= 4 is 23.2 Å². The molecule has 1 unspecified atom stereocenters. The van der Waals surface area contributed by atoms with Crippen molar-refractivity contribution < 1.29 is 13.2 Å². The summed E-state index contributed by atoms with van der Waals surface area (Å²) in [6, 6.07) is 13.1. The van der Waals surface area contributed by atoms with Crippen LogP contribution >= 0.6 is 23.2 Å². The van der Waals surface area contributed by atoms with Crippen molar-refractivity contribution in [1.29, 1.82) is 0 Å². The minimum absolute atomic E-state index is 0.00892. The first-order valence-electron chi connectivity index (χ1n) is 6.94. The van der Waals surface area contributed by atoms with Crippen LogP contribution in [0.15, 0.2) is 67.0 Å². The van der Waals surface area contributed by atoms with Crippen LogP contribution in [-0.2, 0) is 5.54 Å². The minimum Gasteiger partial charge on any atom is -0.247 e. The van der Waals surface area contributed by atoms with Gasteiger partial charge in [-0.2, -0.15) is 18.3 Å². The lowest BCUT2D eigenvalue weighted by molar-refractivity contribution is -0.189. The summed E-state index contributed by atoms with van der Waals surface area (Å²) in [7, 11) is 0. The van der Waals surface area contributed by atoms with Crippen molar-refractivity contribution in [3.05, 3.63) is 88.2 Å². The van der Waals surface area contributed by atoms with Gasteiger partial charge in [0.2, 0.25) is 5.54 Å². The molecule has 0 N–H and O–H groups in total. The highest BCUT2D eigenvalue weighted by molar-refractivity contribution is 6.30. The zero-order valence-corrected chi connectivity index (χ0v) is 13.6. The maximum atomic E-state index is 14.4. The second-order valence-corrected chi connectivity index (χ2v) is 6.06. The second-order valence-electron chi connectivity index (χ2n) is 5.18. The molecule has 0 fully saturated rings. The third-order valence-electron chi connectivity index (χ3n) is 3.76. The van der Waals surface area contributed by atoms with E-state index in [1.807, 2.05) is 0 Å². The molecule has 0 aliphatic rings. The Hall–Kier alpha value is -1.98. The van der Waals surface area contributed by atoms with E-state index in [9.17, 15) is 13.2 Å². The zero-order chi connectivity index (χ0) is 17.4. The van der Waals surface area contributed by atoms with Crippen LogP contribution < -0.4 is 0 Å². The molecule has 0 bridgehead atoms. The number of hydrogen-bond donors (Lipinski definition) is 0. The summed E-state index contributed by atoms with van der Waals surface area (Å²) in [4.78, 5) is 0. The lowest BCUT2D eigenvalue weighted by Gasteiger charge is -2.37. The van der Waals surface area contributed by atoms with Crippen LogP contribution in [0, 0.1) is 0 Å². The highest BCUT2D eigenvalue weighted by Crippen LogP contribution is 2.47. The monoisotopic (exact) mass is 370 g/mol. The van der Waals surface area contributed by atoms with Crippen LogP contribution in [-0.4, -0.2) is 16.0 Å². The number of rotatable bonds is 3. The molecule has 0 spiro atoms. The van der Waals surface area contributed by atoms with Crippen LogP contribution in [0.5, 0.6) is 0 Å². The summed E-state index contributed by atoms with van der Waals surface area (Å²) in [5, 5.41) is 4.33. The molecule has 3 rings (SSSR count). The molecule has 2 nitrogen and oxygen atoms in total. The molecule has 0 amide bonds. The van der Waals surface area contributed by atoms with Crippen LogP contribution in [0.2, 0.25) is 10.0 Å². The molecule has 24 heavy (non-hydrogen) atoms. The molecule has 1 atom stereocenters. The van der Waals surface area contributed by atoms with E-state index in [-0.39, 0.29) is 16.1 Å². The number of alkyl halides is 3. The van der Waals surface area contributed by atoms with Gasteiger partial charge in [-0.1, -0.05) is 65.7 Å². The second kappa shape index (κ2) is 6.15. The average Bonchev–Trinajstić information content (AvgIpc) is 2.96. The molecule has 0 saturated carbocycles. The van der Waals surface area contributed by atoms with Crippen LogP contribution in [0.25, 0.3) is 0 Å². The Balaban J connectivity index is 2.39. The predicted octanol–water partition coefficient (Wildman–Crippen LogP) is 5.54. The maximum absolute atomic E-state index is 14.4. The number of aromatic nitrogens is 2. The topological polar surface area (TPSA) is 17.8 Å². The molecule has 1 aromatic heterocycles. The molecule has 0 radical (unpaired) electrons. The van der Waals surface area contributed by atoms with Gasteiger partial charge in [0.1, 0.15) is 0 Å². The first kappa shape index (κ1) is 16.9. The number of hydrogen-bond acceptors (Lipinski definition) is 1. The van der Waals surface area contributed by atoms with Gasteiger partial charge in [0.05, 0.1) is 11.2 Å². The number of benzene rings is 2. The Kier molecular flexibility index (Phi) is 4.32. The Morgan fingerprint density at radius 3 is 1.88 bits per heavy atom. The fourth-order valence-electron chi connectivity index (χ4n) is 2.74. The lowest BCUT2D eigenvalue weighted by Crippen LogP contribution is -2.50. The van der Waals surface area contributed by atoms with Gasteiger partial charge in [-0.15, -0.1) is 0 Å². The van der Waals surface area contributed by atoms with Gasteiger partial charge in [0.25, 0.3) is 0 Å². The van der Waals surface area contributed by atoms with E-state index >= 15 is 0 Å². The first-order valence-corrected chi connectivity index (χ1v) is 7.70. The van der Waals surface area contributed by atoms with Crippen molar-refractivity contribution in [3.8, 4) is 0 Å². The van der Waals surface area contributed by atoms with Gasteiger partial charge in [-0.05, 0) is 23.3 Å². The van der Waals surface area contributed by atoms with Crippen molar-refractivity contribution in [2.45, 2.75) is 11.7 Å². The van der Waals surface area contributed by atoms with Crippen molar-refractivity contribution in [2.75, 3.05) is 0 Å². The summed E-state index contributed by atoms with van der Waals surface area (Å²) < 4.78 is 44.1. The van der Waals surface area contributed by atoms with Crippen LogP contribution in [0.3, 0.4) is 0 Å². The third-order valence-corrected chi connectivity index (χ3v) is 4.21. The largest absolute Gasteiger partial charge is 0.422 e. The average molecular weight is 371 g/mol. The predicted molar refractivity (Wildman–Crippen MR) is 87.4 cm³/mol. The molecule has 1 heterocycles. The standard InChI is InChI=1S/C17H11Cl2F3N2/c18-14-8-6-13(7-9-14)16(17(20,21)22,12-4-2-1-3-5-12)24-11-15(19)10-23-24/h1-11H. The SMILES string of the molecule is FC(F)(F)C(c1ccccc1)(c1ccc(Cl)cc1)n1cc(Cl)cn1. The van der Waals surface area contributed by atoms with Crippen molar-refractivity contribution in [1.82, 2.24) is 9.78 Å². The van der Waals surface area contributed by atoms with Gasteiger partial charge in [0, 0.05) is 11.2 Å². The van der Waals surface area contributed by atoms with Crippen LogP contribution in [0.1, 0.15) is 11.1 Å². The molecule has 0 saturated heterocycles. The molecule has 3 aromatic rings. The Labute approximate surface area is 146 Å². The molecular formula is C17H11Cl2F3N2. The Bertz CT molecular complexity index is 829. The number of nitrogens with zero attached hydrogens (tertiary/aromatic N) is 2. The third kappa shape index (κ3) is 2.68. The molecule has 124 valence electrons. The lowest BCUT2D eigenvalue weighted by atomic mass is 9.82. The van der Waals surface area contributed by atoms with E-state index < -0.39 is 11.7 Å². The fraction of sp³-hybridized carbons (Fsp3) is 0.118. The van der Waals surface area contributed by atoms with E-state index in [1.54, 1.807) is 18.2 Å². The fourth-order valence-corrected chi connectivity index (χ4v) is 3.01. The Morgan fingerprint density at radius 2 is 1.38 bits per heavy atom. The first-order chi connectivity index (χ1) is 11.4. The van der Waals surface area contributed by atoms with Crippen LogP contribution in [0.4, 0.5) is 13.2 Å². The number of halogens is 5. The maximum Gasteiger partial charge on any atom is 0.422 e. The van der Waals surface area contributed by atoms with Gasteiger partial charge in [0.15, 0.2) is 0 Å². The zero-order valence-electron chi connectivity index (χ0n) is 12.1. The molecule has 0 aliphatic carbocycles. The van der Waals surface area contributed by atoms with Crippen molar-refractivity contribution in [2.24, 2.45) is 0 Å². The highest BCUT2D eigenvalue weighted by atomic mass is 35.5. The van der Waals surface area contributed by atoms with Gasteiger partial charge >= 0.3 is 6.18 Å². The minimum atomic E-state index is -4.67. The summed E-state index contributed by atoms with van der Waals surface area (Å²) in [5.41, 5.74) is -2.49. The quantitative estimate of drug-likeness (QED) is 0.591. The van der Waals surface area contributed by atoms with Gasteiger partial charge in [-0.3, -0.25) is 0 Å². The molecular weight excluding hydrogens is 360 g/mol. The van der Waals surface area contributed by atoms with E-state index in [0.29, 0.717) is 5.02 Å². The van der Waals surface area contributed by atoms with Gasteiger partial charge < -0.3 is 0 Å². The van der Waals surface area contributed by atoms with Crippen molar-refractivity contribution in [3.63, 3.8) is 0 Å². The summed E-state index contributed by atoms with van der Waals surface area (Å²) >= 11 is 11.7. The molecule has 0 aliphatic heterocycles. The normalized spacial score (nSPS) is 14.4.